The number of nitrogens with zero attached hydrogens (tertiary/aromatic N) is 4. The van der Waals surface area contributed by atoms with Crippen LogP contribution in [0.25, 0.3) is 0 Å². The normalized spacial score (nSPS) is 10.3. The summed E-state index contributed by atoms with van der Waals surface area (Å²) in [6.07, 6.45) is 2.75. The van der Waals surface area contributed by atoms with Crippen LogP contribution in [0.2, 0.25) is 0 Å². The Morgan fingerprint density at radius 1 is 1.26 bits per heavy atom. The standard InChI is InChI=1S/C12H17N5O2/c1-4-7-17-10(5-6-13-17)14-9-8-11(18-2)16-12(15-9)19-3/h5-6,8H,4,7H2,1-3H3,(H,14,15,16). The Labute approximate surface area is 111 Å². The molecule has 0 spiro atoms. The number of rotatable bonds is 6. The van der Waals surface area contributed by atoms with Gasteiger partial charge in [0.05, 0.1) is 20.4 Å². The molecule has 0 radical (unpaired) electrons. The summed E-state index contributed by atoms with van der Waals surface area (Å²) in [6, 6.07) is 3.84. The number of anilines is 2. The smallest absolute Gasteiger partial charge is 0.321 e. The van der Waals surface area contributed by atoms with Crippen LogP contribution in [0, 0.1) is 0 Å². The summed E-state index contributed by atoms with van der Waals surface area (Å²) in [7, 11) is 3.06. The van der Waals surface area contributed by atoms with E-state index in [4.69, 9.17) is 9.47 Å². The first-order chi connectivity index (χ1) is 9.26. The maximum atomic E-state index is 5.10. The molecule has 1 N–H and O–H groups in total. The summed E-state index contributed by atoms with van der Waals surface area (Å²) in [5.41, 5.74) is 0. The zero-order valence-electron chi connectivity index (χ0n) is 11.3. The first kappa shape index (κ1) is 13.1. The monoisotopic (exact) mass is 263 g/mol. The Balaban J connectivity index is 2.24. The van der Waals surface area contributed by atoms with Crippen molar-refractivity contribution in [3.63, 3.8) is 0 Å². The van der Waals surface area contributed by atoms with Crippen molar-refractivity contribution in [3.05, 3.63) is 18.3 Å². The van der Waals surface area contributed by atoms with Crippen LogP contribution in [-0.4, -0.2) is 34.0 Å². The van der Waals surface area contributed by atoms with Gasteiger partial charge in [-0.1, -0.05) is 6.92 Å². The van der Waals surface area contributed by atoms with Gasteiger partial charge >= 0.3 is 6.01 Å². The van der Waals surface area contributed by atoms with Crippen molar-refractivity contribution in [1.29, 1.82) is 0 Å². The minimum Gasteiger partial charge on any atom is -0.481 e. The van der Waals surface area contributed by atoms with Gasteiger partial charge in [0.25, 0.3) is 0 Å². The van der Waals surface area contributed by atoms with Gasteiger partial charge < -0.3 is 14.8 Å². The van der Waals surface area contributed by atoms with Gasteiger partial charge in [-0.25, -0.2) is 4.68 Å². The van der Waals surface area contributed by atoms with Gasteiger partial charge in [-0.15, -0.1) is 0 Å². The second-order valence-electron chi connectivity index (χ2n) is 3.85. The Bertz CT molecular complexity index is 518. The van der Waals surface area contributed by atoms with Crippen molar-refractivity contribution in [1.82, 2.24) is 19.7 Å². The van der Waals surface area contributed by atoms with Gasteiger partial charge in [-0.2, -0.15) is 15.1 Å². The first-order valence-corrected chi connectivity index (χ1v) is 6.02. The van der Waals surface area contributed by atoms with Crippen LogP contribution >= 0.6 is 0 Å². The van der Waals surface area contributed by atoms with Crippen molar-refractivity contribution in [2.45, 2.75) is 19.9 Å². The van der Waals surface area contributed by atoms with E-state index in [9.17, 15) is 0 Å². The number of hydrogen-bond donors (Lipinski definition) is 1. The summed E-state index contributed by atoms with van der Waals surface area (Å²) >= 11 is 0. The molecule has 2 aromatic heterocycles. The number of nitrogens with one attached hydrogen (secondary N) is 1. The number of ether oxygens (including phenoxy) is 2. The lowest BCUT2D eigenvalue weighted by atomic mass is 10.4. The lowest BCUT2D eigenvalue weighted by Crippen LogP contribution is -2.06. The second-order valence-corrected chi connectivity index (χ2v) is 3.85. The molecule has 0 aliphatic rings. The van der Waals surface area contributed by atoms with Gasteiger partial charge in [0.15, 0.2) is 0 Å². The fourth-order valence-electron chi connectivity index (χ4n) is 1.62. The molecule has 19 heavy (non-hydrogen) atoms. The van der Waals surface area contributed by atoms with Crippen LogP contribution in [0.3, 0.4) is 0 Å². The molecule has 7 nitrogen and oxygen atoms in total. The number of aromatic nitrogens is 4. The molecule has 0 saturated carbocycles. The summed E-state index contributed by atoms with van der Waals surface area (Å²) in [6.45, 7) is 2.94. The molecule has 0 saturated heterocycles. The highest BCUT2D eigenvalue weighted by molar-refractivity contribution is 5.53. The molecule has 102 valence electrons. The molecule has 0 atom stereocenters. The SMILES string of the molecule is CCCn1nccc1Nc1cc(OC)nc(OC)n1. The molecule has 0 unspecified atom stereocenters. The zero-order chi connectivity index (χ0) is 13.7. The predicted molar refractivity (Wildman–Crippen MR) is 70.9 cm³/mol. The van der Waals surface area contributed by atoms with Gasteiger partial charge in [0.2, 0.25) is 5.88 Å². The van der Waals surface area contributed by atoms with E-state index < -0.39 is 0 Å². The van der Waals surface area contributed by atoms with Crippen molar-refractivity contribution >= 4 is 11.6 Å². The molecule has 0 bridgehead atoms. The zero-order valence-corrected chi connectivity index (χ0v) is 11.3. The average Bonchev–Trinajstić information content (AvgIpc) is 2.86. The van der Waals surface area contributed by atoms with Gasteiger partial charge in [0.1, 0.15) is 11.6 Å². The van der Waals surface area contributed by atoms with Gasteiger partial charge in [-0.05, 0) is 6.42 Å². The van der Waals surface area contributed by atoms with Crippen LogP contribution in [0.1, 0.15) is 13.3 Å². The summed E-state index contributed by atoms with van der Waals surface area (Å²) < 4.78 is 12.0. The summed E-state index contributed by atoms with van der Waals surface area (Å²) in [4.78, 5) is 8.25. The Morgan fingerprint density at radius 2 is 2.11 bits per heavy atom. The molecule has 0 aromatic carbocycles. The topological polar surface area (TPSA) is 74.1 Å². The fourth-order valence-corrected chi connectivity index (χ4v) is 1.62. The summed E-state index contributed by atoms with van der Waals surface area (Å²) in [5.74, 6) is 1.90. The van der Waals surface area contributed by atoms with E-state index in [1.807, 2.05) is 10.7 Å². The van der Waals surface area contributed by atoms with Crippen molar-refractivity contribution < 1.29 is 9.47 Å². The average molecular weight is 263 g/mol. The minimum atomic E-state index is 0.253. The first-order valence-electron chi connectivity index (χ1n) is 6.02. The lowest BCUT2D eigenvalue weighted by Gasteiger charge is -2.10. The molecular formula is C12H17N5O2. The fraction of sp³-hybridized carbons (Fsp3) is 0.417. The third-order valence-corrected chi connectivity index (χ3v) is 2.48. The highest BCUT2D eigenvalue weighted by Gasteiger charge is 2.07. The minimum absolute atomic E-state index is 0.253. The molecule has 7 heteroatoms. The van der Waals surface area contributed by atoms with E-state index in [0.717, 1.165) is 18.8 Å². The van der Waals surface area contributed by atoms with Crippen molar-refractivity contribution in [2.75, 3.05) is 19.5 Å². The number of aryl methyl sites for hydroxylation is 1. The van der Waals surface area contributed by atoms with E-state index in [1.165, 1.54) is 7.11 Å². The third kappa shape index (κ3) is 3.12. The molecule has 2 rings (SSSR count). The van der Waals surface area contributed by atoms with Crippen molar-refractivity contribution in [3.8, 4) is 11.9 Å². The van der Waals surface area contributed by atoms with E-state index in [2.05, 4.69) is 27.3 Å². The molecular weight excluding hydrogens is 246 g/mol. The molecule has 0 fully saturated rings. The van der Waals surface area contributed by atoms with Crippen LogP contribution in [0.15, 0.2) is 18.3 Å². The molecule has 2 aromatic rings. The highest BCUT2D eigenvalue weighted by Crippen LogP contribution is 2.20. The number of methoxy groups -OCH3 is 2. The molecule has 0 aliphatic heterocycles. The molecule has 0 aliphatic carbocycles. The van der Waals surface area contributed by atoms with E-state index in [1.54, 1.807) is 19.4 Å². The van der Waals surface area contributed by atoms with Crippen LogP contribution in [0.4, 0.5) is 11.6 Å². The molecule has 0 amide bonds. The van der Waals surface area contributed by atoms with E-state index >= 15 is 0 Å². The highest BCUT2D eigenvalue weighted by atomic mass is 16.5. The second kappa shape index (κ2) is 6.03. The Kier molecular flexibility index (Phi) is 4.17. The summed E-state index contributed by atoms with van der Waals surface area (Å²) in [5, 5.41) is 7.41. The maximum absolute atomic E-state index is 5.10. The maximum Gasteiger partial charge on any atom is 0.321 e. The van der Waals surface area contributed by atoms with Gasteiger partial charge in [-0.3, -0.25) is 0 Å². The Hall–Kier alpha value is -2.31. The molecule has 2 heterocycles. The third-order valence-electron chi connectivity index (χ3n) is 2.48. The lowest BCUT2D eigenvalue weighted by molar-refractivity contribution is 0.353. The van der Waals surface area contributed by atoms with Gasteiger partial charge in [0, 0.05) is 18.7 Å². The van der Waals surface area contributed by atoms with Crippen LogP contribution in [-0.2, 0) is 6.54 Å². The van der Waals surface area contributed by atoms with E-state index in [0.29, 0.717) is 11.7 Å². The van der Waals surface area contributed by atoms with Crippen LogP contribution < -0.4 is 14.8 Å². The van der Waals surface area contributed by atoms with E-state index in [-0.39, 0.29) is 6.01 Å². The van der Waals surface area contributed by atoms with Crippen molar-refractivity contribution in [2.24, 2.45) is 0 Å². The Morgan fingerprint density at radius 3 is 2.79 bits per heavy atom. The number of hydrogen-bond acceptors (Lipinski definition) is 6. The quantitative estimate of drug-likeness (QED) is 0.857. The largest absolute Gasteiger partial charge is 0.481 e. The predicted octanol–water partition coefficient (Wildman–Crippen LogP) is 1.84. The van der Waals surface area contributed by atoms with Crippen LogP contribution in [0.5, 0.6) is 11.9 Å².